The van der Waals surface area contributed by atoms with E-state index in [1.54, 1.807) is 18.2 Å². The third kappa shape index (κ3) is 5.29. The van der Waals surface area contributed by atoms with Crippen molar-refractivity contribution >= 4 is 45.6 Å². The number of ether oxygens (including phenoxy) is 1. The molecular weight excluding hydrogens is 432 g/mol. The lowest BCUT2D eigenvalue weighted by Gasteiger charge is -2.13. The van der Waals surface area contributed by atoms with Crippen LogP contribution in [0.2, 0.25) is 4.34 Å². The minimum Gasteiger partial charge on any atom is -0.473 e. The zero-order valence-electron chi connectivity index (χ0n) is 17.4. The molecule has 3 heterocycles. The first kappa shape index (κ1) is 21.5. The molecule has 0 atom stereocenters. The van der Waals surface area contributed by atoms with Gasteiger partial charge in [0.1, 0.15) is 5.69 Å². The second-order valence-electron chi connectivity index (χ2n) is 7.49. The molecular formula is C23H23ClN4O2S. The number of allylic oxidation sites excluding steroid dienone is 1. The number of fused-ring (bicyclic) bond motifs is 1. The van der Waals surface area contributed by atoms with Gasteiger partial charge in [-0.3, -0.25) is 9.79 Å². The van der Waals surface area contributed by atoms with Crippen molar-refractivity contribution in [3.8, 4) is 16.5 Å². The summed E-state index contributed by atoms with van der Waals surface area (Å²) in [4.78, 5) is 27.2. The number of carbonyl (C=O) groups excluding carboxylic acids is 1. The molecule has 1 aliphatic rings. The van der Waals surface area contributed by atoms with E-state index in [0.29, 0.717) is 39.1 Å². The number of carbonyl (C=O) groups is 1. The van der Waals surface area contributed by atoms with Crippen LogP contribution in [0.3, 0.4) is 0 Å². The Kier molecular flexibility index (Phi) is 6.63. The molecule has 0 spiro atoms. The summed E-state index contributed by atoms with van der Waals surface area (Å²) in [5, 5.41) is 2.97. The summed E-state index contributed by atoms with van der Waals surface area (Å²) in [7, 11) is 0. The Balaban J connectivity index is 1.53. The molecule has 0 unspecified atom stereocenters. The van der Waals surface area contributed by atoms with Gasteiger partial charge in [-0.25, -0.2) is 9.97 Å². The summed E-state index contributed by atoms with van der Waals surface area (Å²) in [6.45, 7) is 4.49. The van der Waals surface area contributed by atoms with Crippen LogP contribution in [0, 0.1) is 0 Å². The number of benzene rings is 1. The molecule has 0 fully saturated rings. The number of hydrogen-bond donors (Lipinski definition) is 1. The molecule has 1 N–H and O–H groups in total. The van der Waals surface area contributed by atoms with E-state index in [9.17, 15) is 4.79 Å². The lowest BCUT2D eigenvalue weighted by molar-refractivity contribution is 0.0953. The number of rotatable bonds is 8. The lowest BCUT2D eigenvalue weighted by Crippen LogP contribution is -2.24. The van der Waals surface area contributed by atoms with Gasteiger partial charge in [0.2, 0.25) is 5.88 Å². The maximum absolute atomic E-state index is 12.6. The van der Waals surface area contributed by atoms with Crippen molar-refractivity contribution in [1.82, 2.24) is 15.3 Å². The summed E-state index contributed by atoms with van der Waals surface area (Å²) in [5.74, 6) is 0.334. The highest BCUT2D eigenvalue weighted by molar-refractivity contribution is 7.19. The molecule has 31 heavy (non-hydrogen) atoms. The molecule has 4 rings (SSSR count). The average Bonchev–Trinajstić information content (AvgIpc) is 3.41. The van der Waals surface area contributed by atoms with E-state index in [1.807, 2.05) is 38.3 Å². The van der Waals surface area contributed by atoms with Crippen LogP contribution in [0.1, 0.15) is 43.5 Å². The van der Waals surface area contributed by atoms with Crippen LogP contribution in [0.5, 0.6) is 5.88 Å². The van der Waals surface area contributed by atoms with Gasteiger partial charge >= 0.3 is 0 Å². The molecule has 160 valence electrons. The highest BCUT2D eigenvalue weighted by atomic mass is 35.5. The number of nitrogens with zero attached hydrogens (tertiary/aromatic N) is 3. The molecule has 0 radical (unpaired) electrons. The molecule has 8 heteroatoms. The van der Waals surface area contributed by atoms with Gasteiger partial charge in [-0.15, -0.1) is 11.3 Å². The Hall–Kier alpha value is -2.77. The summed E-state index contributed by atoms with van der Waals surface area (Å²) in [6.07, 6.45) is 6.50. The van der Waals surface area contributed by atoms with Gasteiger partial charge in [0.25, 0.3) is 5.91 Å². The maximum atomic E-state index is 12.6. The van der Waals surface area contributed by atoms with Crippen LogP contribution in [-0.2, 0) is 0 Å². The standard InChI is InChI=1S/C23H23ClN4O2S/c1-14(2)30-23-21(19-9-10-20(24)31-19)27-18-13-15(7-8-17(18)28-23)22(29)26-12-4-6-16-5-3-11-25-16/h3,7-11,13-14H,4-6,12H2,1-2H3,(H,26,29). The molecule has 1 aromatic carbocycles. The Labute approximate surface area is 190 Å². The molecule has 0 saturated carbocycles. The van der Waals surface area contributed by atoms with Crippen molar-refractivity contribution in [2.45, 2.75) is 39.2 Å². The van der Waals surface area contributed by atoms with Crippen molar-refractivity contribution in [2.24, 2.45) is 4.99 Å². The third-order valence-electron chi connectivity index (χ3n) is 4.69. The fraction of sp³-hybridized carbons (Fsp3) is 0.304. The van der Waals surface area contributed by atoms with Gasteiger partial charge < -0.3 is 10.1 Å². The molecule has 1 amide bonds. The van der Waals surface area contributed by atoms with Gasteiger partial charge in [0.05, 0.1) is 26.4 Å². The van der Waals surface area contributed by atoms with Crippen LogP contribution in [0.25, 0.3) is 21.6 Å². The SMILES string of the molecule is CC(C)Oc1nc2ccc(C(=O)NCCCC3=NC=CC3)cc2nc1-c1ccc(Cl)s1. The highest BCUT2D eigenvalue weighted by Gasteiger charge is 2.17. The first-order valence-electron chi connectivity index (χ1n) is 10.2. The number of halogens is 1. The minimum absolute atomic E-state index is 0.0445. The predicted octanol–water partition coefficient (Wildman–Crippen LogP) is 5.67. The molecule has 0 bridgehead atoms. The van der Waals surface area contributed by atoms with Crippen LogP contribution < -0.4 is 10.1 Å². The van der Waals surface area contributed by atoms with Crippen molar-refractivity contribution < 1.29 is 9.53 Å². The van der Waals surface area contributed by atoms with Crippen molar-refractivity contribution in [1.29, 1.82) is 0 Å². The van der Waals surface area contributed by atoms with Gasteiger partial charge in [-0.1, -0.05) is 17.7 Å². The number of aromatic nitrogens is 2. The first-order valence-corrected chi connectivity index (χ1v) is 11.4. The van der Waals surface area contributed by atoms with E-state index in [4.69, 9.17) is 21.3 Å². The fourth-order valence-electron chi connectivity index (χ4n) is 3.25. The number of thiophene rings is 1. The van der Waals surface area contributed by atoms with Crippen LogP contribution in [-0.4, -0.2) is 34.2 Å². The summed E-state index contributed by atoms with van der Waals surface area (Å²) >= 11 is 7.54. The minimum atomic E-state index is -0.126. The zero-order chi connectivity index (χ0) is 21.8. The Morgan fingerprint density at radius 2 is 2.10 bits per heavy atom. The van der Waals surface area contributed by atoms with E-state index >= 15 is 0 Å². The van der Waals surface area contributed by atoms with Crippen molar-refractivity contribution in [2.75, 3.05) is 6.54 Å². The van der Waals surface area contributed by atoms with Gasteiger partial charge in [0, 0.05) is 30.4 Å². The molecule has 0 aliphatic carbocycles. The van der Waals surface area contributed by atoms with Gasteiger partial charge in [-0.05, 0) is 57.0 Å². The third-order valence-corrected chi connectivity index (χ3v) is 5.93. The second kappa shape index (κ2) is 9.58. The highest BCUT2D eigenvalue weighted by Crippen LogP contribution is 2.36. The van der Waals surface area contributed by atoms with Crippen LogP contribution >= 0.6 is 22.9 Å². The molecule has 0 saturated heterocycles. The van der Waals surface area contributed by atoms with Gasteiger partial charge in [0.15, 0.2) is 0 Å². The Morgan fingerprint density at radius 3 is 2.81 bits per heavy atom. The zero-order valence-corrected chi connectivity index (χ0v) is 19.0. The van der Waals surface area contributed by atoms with Crippen LogP contribution in [0.15, 0.2) is 47.6 Å². The summed E-state index contributed by atoms with van der Waals surface area (Å²) in [6, 6.07) is 9.05. The smallest absolute Gasteiger partial charge is 0.251 e. The molecule has 6 nitrogen and oxygen atoms in total. The van der Waals surface area contributed by atoms with Crippen LogP contribution in [0.4, 0.5) is 0 Å². The number of nitrogens with one attached hydrogen (secondary N) is 1. The topological polar surface area (TPSA) is 76.5 Å². The van der Waals surface area contributed by atoms with Crippen molar-refractivity contribution in [3.63, 3.8) is 0 Å². The molecule has 3 aromatic rings. The maximum Gasteiger partial charge on any atom is 0.251 e. The predicted molar refractivity (Wildman–Crippen MR) is 126 cm³/mol. The first-order chi connectivity index (χ1) is 15.0. The van der Waals surface area contributed by atoms with E-state index in [1.165, 1.54) is 11.3 Å². The second-order valence-corrected chi connectivity index (χ2v) is 9.21. The molecule has 1 aliphatic heterocycles. The van der Waals surface area contributed by atoms with E-state index < -0.39 is 0 Å². The Bertz CT molecular complexity index is 1170. The van der Waals surface area contributed by atoms with E-state index in [-0.39, 0.29) is 12.0 Å². The lowest BCUT2D eigenvalue weighted by atomic mass is 10.1. The average molecular weight is 455 g/mol. The molecule has 2 aromatic heterocycles. The number of hydrogen-bond acceptors (Lipinski definition) is 6. The monoisotopic (exact) mass is 454 g/mol. The van der Waals surface area contributed by atoms with E-state index in [0.717, 1.165) is 29.9 Å². The summed E-state index contributed by atoms with van der Waals surface area (Å²) in [5.41, 5.74) is 3.65. The quantitative estimate of drug-likeness (QED) is 0.445. The fourth-order valence-corrected chi connectivity index (χ4v) is 4.27. The van der Waals surface area contributed by atoms with E-state index in [2.05, 4.69) is 15.3 Å². The number of amides is 1. The van der Waals surface area contributed by atoms with Gasteiger partial charge in [-0.2, -0.15) is 0 Å². The summed E-state index contributed by atoms with van der Waals surface area (Å²) < 4.78 is 6.57. The largest absolute Gasteiger partial charge is 0.473 e. The number of aliphatic imine (C=N–C) groups is 1. The Morgan fingerprint density at radius 1 is 1.23 bits per heavy atom. The van der Waals surface area contributed by atoms with Crippen molar-refractivity contribution in [3.05, 3.63) is 52.5 Å². The normalized spacial score (nSPS) is 13.1.